The Morgan fingerprint density at radius 1 is 1.16 bits per heavy atom. The first-order chi connectivity index (χ1) is 11.7. The van der Waals surface area contributed by atoms with Crippen molar-refractivity contribution < 1.29 is 26.4 Å². The minimum absolute atomic E-state index is 0.123. The number of carbonyl (C=O) groups is 1. The van der Waals surface area contributed by atoms with Crippen LogP contribution in [-0.2, 0) is 14.6 Å². The molecule has 0 saturated carbocycles. The van der Waals surface area contributed by atoms with E-state index in [1.165, 1.54) is 42.5 Å². The Morgan fingerprint density at radius 2 is 1.84 bits per heavy atom. The fraction of sp³-hybridized carbons (Fsp3) is 0.0625. The SMILES string of the molecule is O=C(/C=C/c1cc(Br)ccc1F)Nc1ccccc1S(=O)(=O)C(F)F. The topological polar surface area (TPSA) is 63.2 Å². The van der Waals surface area contributed by atoms with Gasteiger partial charge in [0.15, 0.2) is 0 Å². The molecule has 9 heteroatoms. The third-order valence-corrected chi connectivity index (χ3v) is 4.99. The zero-order valence-corrected chi connectivity index (χ0v) is 14.8. The number of hydrogen-bond acceptors (Lipinski definition) is 3. The second kappa shape index (κ2) is 7.83. The van der Waals surface area contributed by atoms with E-state index in [0.717, 1.165) is 12.1 Å². The molecule has 0 aliphatic heterocycles. The second-order valence-electron chi connectivity index (χ2n) is 4.79. The lowest BCUT2D eigenvalue weighted by Crippen LogP contribution is -2.16. The molecule has 0 radical (unpaired) electrons. The quantitative estimate of drug-likeness (QED) is 0.717. The Hall–Kier alpha value is -2.13. The molecule has 2 aromatic rings. The molecule has 0 bridgehead atoms. The molecule has 0 aliphatic rings. The summed E-state index contributed by atoms with van der Waals surface area (Å²) < 4.78 is 62.8. The standard InChI is InChI=1S/C16H11BrF3NO3S/c17-11-6-7-12(18)10(9-11)5-8-15(22)21-13-3-1-2-4-14(13)25(23,24)16(19)20/h1-9,16H,(H,21,22)/b8-5+. The Balaban J connectivity index is 2.25. The van der Waals surface area contributed by atoms with Crippen LogP contribution in [-0.4, -0.2) is 20.1 Å². The lowest BCUT2D eigenvalue weighted by molar-refractivity contribution is -0.111. The van der Waals surface area contributed by atoms with Crippen LogP contribution in [0.1, 0.15) is 5.56 Å². The van der Waals surface area contributed by atoms with Crippen molar-refractivity contribution in [1.82, 2.24) is 0 Å². The van der Waals surface area contributed by atoms with Crippen LogP contribution < -0.4 is 5.32 Å². The summed E-state index contributed by atoms with van der Waals surface area (Å²) in [6.45, 7) is 0. The van der Waals surface area contributed by atoms with E-state index in [0.29, 0.717) is 4.47 Å². The molecule has 25 heavy (non-hydrogen) atoms. The van der Waals surface area contributed by atoms with Gasteiger partial charge in [-0.2, -0.15) is 8.78 Å². The van der Waals surface area contributed by atoms with Crippen LogP contribution in [0.5, 0.6) is 0 Å². The summed E-state index contributed by atoms with van der Waals surface area (Å²) in [5.41, 5.74) is -0.162. The van der Waals surface area contributed by atoms with E-state index >= 15 is 0 Å². The summed E-state index contributed by atoms with van der Waals surface area (Å²) in [6, 6.07) is 8.92. The van der Waals surface area contributed by atoms with Crippen molar-refractivity contribution in [3.8, 4) is 0 Å². The Morgan fingerprint density at radius 3 is 2.52 bits per heavy atom. The number of nitrogens with one attached hydrogen (secondary N) is 1. The van der Waals surface area contributed by atoms with Crippen LogP contribution in [0.25, 0.3) is 6.08 Å². The minimum atomic E-state index is -4.87. The molecule has 0 aliphatic carbocycles. The third kappa shape index (κ3) is 4.70. The lowest BCUT2D eigenvalue weighted by atomic mass is 10.2. The van der Waals surface area contributed by atoms with Gasteiger partial charge in [-0.1, -0.05) is 28.1 Å². The maximum Gasteiger partial charge on any atom is 0.341 e. The molecule has 0 fully saturated rings. The highest BCUT2D eigenvalue weighted by Gasteiger charge is 2.29. The molecule has 0 saturated heterocycles. The first kappa shape index (κ1) is 19.2. The van der Waals surface area contributed by atoms with E-state index in [1.807, 2.05) is 0 Å². The number of benzene rings is 2. The predicted octanol–water partition coefficient (Wildman–Crippen LogP) is 4.24. The van der Waals surface area contributed by atoms with Gasteiger partial charge in [-0.25, -0.2) is 12.8 Å². The van der Waals surface area contributed by atoms with Crippen molar-refractivity contribution in [3.05, 3.63) is 64.4 Å². The van der Waals surface area contributed by atoms with Crippen molar-refractivity contribution in [2.75, 3.05) is 5.32 Å². The van der Waals surface area contributed by atoms with E-state index in [-0.39, 0.29) is 11.3 Å². The number of halogens is 4. The summed E-state index contributed by atoms with van der Waals surface area (Å²) >= 11 is 3.16. The van der Waals surface area contributed by atoms with Gasteiger partial charge in [0.1, 0.15) is 5.82 Å². The van der Waals surface area contributed by atoms with Gasteiger partial charge < -0.3 is 5.32 Å². The Bertz CT molecular complexity index is 930. The van der Waals surface area contributed by atoms with Crippen LogP contribution in [0, 0.1) is 5.82 Å². The molecule has 0 unspecified atom stereocenters. The maximum atomic E-state index is 13.6. The van der Waals surface area contributed by atoms with E-state index in [4.69, 9.17) is 0 Å². The predicted molar refractivity (Wildman–Crippen MR) is 91.4 cm³/mol. The molecule has 1 N–H and O–H groups in total. The number of hydrogen-bond donors (Lipinski definition) is 1. The highest BCUT2D eigenvalue weighted by Crippen LogP contribution is 2.26. The van der Waals surface area contributed by atoms with Crippen molar-refractivity contribution >= 4 is 43.4 Å². The molecule has 4 nitrogen and oxygen atoms in total. The number of rotatable bonds is 5. The van der Waals surface area contributed by atoms with Crippen LogP contribution >= 0.6 is 15.9 Å². The summed E-state index contributed by atoms with van der Waals surface area (Å²) in [5, 5.41) is 2.20. The van der Waals surface area contributed by atoms with Gasteiger partial charge in [-0.05, 0) is 36.4 Å². The maximum absolute atomic E-state index is 13.6. The lowest BCUT2D eigenvalue weighted by Gasteiger charge is -2.10. The fourth-order valence-corrected chi connectivity index (χ4v) is 3.16. The molecular formula is C16H11BrF3NO3S. The monoisotopic (exact) mass is 433 g/mol. The first-order valence-corrected chi connectivity index (χ1v) is 9.11. The largest absolute Gasteiger partial charge is 0.341 e. The highest BCUT2D eigenvalue weighted by molar-refractivity contribution is 9.10. The number of sulfone groups is 1. The molecule has 0 aromatic heterocycles. The smallest absolute Gasteiger partial charge is 0.321 e. The van der Waals surface area contributed by atoms with E-state index in [2.05, 4.69) is 21.2 Å². The van der Waals surface area contributed by atoms with Gasteiger partial charge in [0.05, 0.1) is 10.6 Å². The average Bonchev–Trinajstić information content (AvgIpc) is 2.56. The van der Waals surface area contributed by atoms with Gasteiger partial charge in [0.25, 0.3) is 0 Å². The van der Waals surface area contributed by atoms with Crippen LogP contribution in [0.4, 0.5) is 18.9 Å². The molecule has 0 spiro atoms. The van der Waals surface area contributed by atoms with Crippen molar-refractivity contribution in [2.45, 2.75) is 10.7 Å². The fourth-order valence-electron chi connectivity index (χ4n) is 1.90. The third-order valence-electron chi connectivity index (χ3n) is 3.06. The van der Waals surface area contributed by atoms with E-state index in [1.54, 1.807) is 0 Å². The summed E-state index contributed by atoms with van der Waals surface area (Å²) in [4.78, 5) is 11.2. The average molecular weight is 434 g/mol. The molecule has 0 heterocycles. The molecular weight excluding hydrogens is 423 g/mol. The summed E-state index contributed by atoms with van der Waals surface area (Å²) in [6.07, 6.45) is 2.15. The Labute approximate surface area is 150 Å². The van der Waals surface area contributed by atoms with Gasteiger partial charge >= 0.3 is 5.76 Å². The van der Waals surface area contributed by atoms with E-state index < -0.39 is 32.2 Å². The summed E-state index contributed by atoms with van der Waals surface area (Å²) in [5.74, 6) is -4.97. The zero-order valence-electron chi connectivity index (χ0n) is 12.4. The first-order valence-electron chi connectivity index (χ1n) is 6.77. The van der Waals surface area contributed by atoms with Gasteiger partial charge in [0.2, 0.25) is 15.7 Å². The molecule has 132 valence electrons. The summed E-state index contributed by atoms with van der Waals surface area (Å²) in [7, 11) is -4.87. The van der Waals surface area contributed by atoms with Crippen molar-refractivity contribution in [3.63, 3.8) is 0 Å². The van der Waals surface area contributed by atoms with Crippen molar-refractivity contribution in [2.24, 2.45) is 0 Å². The normalized spacial score (nSPS) is 11.9. The van der Waals surface area contributed by atoms with Crippen LogP contribution in [0.2, 0.25) is 0 Å². The molecule has 2 aromatic carbocycles. The number of alkyl halides is 2. The molecule has 2 rings (SSSR count). The number of carbonyl (C=O) groups excluding carboxylic acids is 1. The minimum Gasteiger partial charge on any atom is -0.321 e. The molecule has 0 atom stereocenters. The second-order valence-corrected chi connectivity index (χ2v) is 7.59. The number of amides is 1. The van der Waals surface area contributed by atoms with Crippen molar-refractivity contribution in [1.29, 1.82) is 0 Å². The van der Waals surface area contributed by atoms with Gasteiger partial charge in [-0.3, -0.25) is 4.79 Å². The Kier molecular flexibility index (Phi) is 6.02. The van der Waals surface area contributed by atoms with Crippen LogP contribution in [0.3, 0.4) is 0 Å². The van der Waals surface area contributed by atoms with Crippen LogP contribution in [0.15, 0.2) is 57.9 Å². The highest BCUT2D eigenvalue weighted by atomic mass is 79.9. The van der Waals surface area contributed by atoms with E-state index in [9.17, 15) is 26.4 Å². The van der Waals surface area contributed by atoms with Gasteiger partial charge in [-0.15, -0.1) is 0 Å². The van der Waals surface area contributed by atoms with Gasteiger partial charge in [0, 0.05) is 16.1 Å². The number of anilines is 1. The number of para-hydroxylation sites is 1. The zero-order chi connectivity index (χ0) is 18.6. The molecule has 1 amide bonds.